The molecule has 0 unspecified atom stereocenters. The van der Waals surface area contributed by atoms with E-state index < -0.39 is 10.5 Å². The maximum Gasteiger partial charge on any atom is 0.282 e. The largest absolute Gasteiger partial charge is 0.507 e. The van der Waals surface area contributed by atoms with Crippen LogP contribution >= 0.6 is 0 Å². The van der Waals surface area contributed by atoms with Gasteiger partial charge in [0.1, 0.15) is 11.3 Å². The fraction of sp³-hybridized carbons (Fsp3) is 0. The topological polar surface area (TPSA) is 124 Å². The third kappa shape index (κ3) is 3.27. The first-order valence-electron chi connectivity index (χ1n) is 9.54. The highest BCUT2D eigenvalue weighted by Crippen LogP contribution is 2.27. The summed E-state index contributed by atoms with van der Waals surface area (Å²) in [5.41, 5.74) is 0.502. The minimum absolute atomic E-state index is 0.0785. The second-order valence-electron chi connectivity index (χ2n) is 6.96. The number of rotatable bonds is 4. The van der Waals surface area contributed by atoms with Gasteiger partial charge in [0.2, 0.25) is 5.82 Å². The number of aromatic nitrogens is 2. The second-order valence-corrected chi connectivity index (χ2v) is 6.96. The normalized spacial score (nSPS) is 11.5. The van der Waals surface area contributed by atoms with Crippen LogP contribution in [0.2, 0.25) is 0 Å². The number of phenols is 1. The molecule has 156 valence electrons. The Bertz CT molecular complexity index is 1570. The molecule has 0 saturated carbocycles. The zero-order valence-corrected chi connectivity index (χ0v) is 16.4. The summed E-state index contributed by atoms with van der Waals surface area (Å²) in [6, 6.07) is 19.5. The Morgan fingerprint density at radius 3 is 2.66 bits per heavy atom. The molecule has 0 aliphatic carbocycles. The lowest BCUT2D eigenvalue weighted by molar-refractivity contribution is -0.384. The highest BCUT2D eigenvalue weighted by molar-refractivity contribution is 5.86. The van der Waals surface area contributed by atoms with Crippen LogP contribution in [0.3, 0.4) is 0 Å². The van der Waals surface area contributed by atoms with E-state index in [1.165, 1.54) is 24.4 Å². The molecule has 1 N–H and O–H groups in total. The van der Waals surface area contributed by atoms with E-state index >= 15 is 0 Å². The van der Waals surface area contributed by atoms with Gasteiger partial charge in [-0.15, -0.1) is 0 Å². The van der Waals surface area contributed by atoms with E-state index in [2.05, 4.69) is 10.1 Å². The van der Waals surface area contributed by atoms with Crippen molar-refractivity contribution in [3.63, 3.8) is 0 Å². The molecule has 0 spiro atoms. The molecule has 3 aromatic carbocycles. The molecule has 0 fully saturated rings. The van der Waals surface area contributed by atoms with Gasteiger partial charge in [0.15, 0.2) is 5.76 Å². The number of hydrogen-bond donors (Lipinski definition) is 1. The van der Waals surface area contributed by atoms with Gasteiger partial charge < -0.3 is 9.52 Å². The Morgan fingerprint density at radius 2 is 1.84 bits per heavy atom. The van der Waals surface area contributed by atoms with Crippen LogP contribution in [0.1, 0.15) is 5.56 Å². The number of non-ortho nitro benzene ring substituents is 1. The van der Waals surface area contributed by atoms with Gasteiger partial charge in [-0.05, 0) is 30.3 Å². The van der Waals surface area contributed by atoms with Crippen molar-refractivity contribution in [2.75, 3.05) is 0 Å². The predicted octanol–water partition coefficient (Wildman–Crippen LogP) is 4.31. The van der Waals surface area contributed by atoms with Crippen molar-refractivity contribution in [3.8, 4) is 17.3 Å². The second kappa shape index (κ2) is 7.47. The summed E-state index contributed by atoms with van der Waals surface area (Å²) < 4.78 is 6.94. The van der Waals surface area contributed by atoms with E-state index in [1.807, 2.05) is 18.2 Å². The summed E-state index contributed by atoms with van der Waals surface area (Å²) in [7, 11) is 0. The summed E-state index contributed by atoms with van der Waals surface area (Å²) in [6.45, 7) is 0. The van der Waals surface area contributed by atoms with Crippen LogP contribution in [0.4, 0.5) is 5.69 Å². The number of phenolic OH excluding ortho intramolecular Hbond substituents is 1. The quantitative estimate of drug-likeness (QED) is 0.259. The number of fused-ring (bicyclic) bond motifs is 2. The van der Waals surface area contributed by atoms with Gasteiger partial charge in [-0.25, -0.2) is 4.98 Å². The van der Waals surface area contributed by atoms with E-state index in [-0.39, 0.29) is 22.8 Å². The van der Waals surface area contributed by atoms with E-state index in [9.17, 15) is 20.0 Å². The molecule has 0 amide bonds. The molecular weight excluding hydrogens is 412 g/mol. The van der Waals surface area contributed by atoms with E-state index in [0.717, 1.165) is 10.1 Å². The van der Waals surface area contributed by atoms with Crippen molar-refractivity contribution < 1.29 is 14.4 Å². The summed E-state index contributed by atoms with van der Waals surface area (Å²) in [5.74, 6) is 0.270. The number of furan rings is 1. The van der Waals surface area contributed by atoms with Crippen LogP contribution < -0.4 is 5.56 Å². The molecule has 0 aliphatic rings. The van der Waals surface area contributed by atoms with Crippen molar-refractivity contribution >= 4 is 33.8 Å². The first-order valence-corrected chi connectivity index (χ1v) is 9.54. The standard InChI is InChI=1S/C23H14N4O5/c28-19-10-9-16(27(30)31)11-15(19)13-24-26-22(21-12-14-5-1-4-8-20(14)32-21)25-18-7-3-2-6-17(18)23(26)29/h1-13,28H. The molecule has 5 aromatic rings. The van der Waals surface area contributed by atoms with Gasteiger partial charge in [0.25, 0.3) is 11.2 Å². The number of nitro benzene ring substituents is 1. The molecule has 9 nitrogen and oxygen atoms in total. The molecular formula is C23H14N4O5. The number of nitrogens with zero attached hydrogens (tertiary/aromatic N) is 4. The van der Waals surface area contributed by atoms with Crippen molar-refractivity contribution in [1.29, 1.82) is 0 Å². The lowest BCUT2D eigenvalue weighted by atomic mass is 10.2. The number of hydrogen-bond acceptors (Lipinski definition) is 7. The van der Waals surface area contributed by atoms with Gasteiger partial charge in [-0.3, -0.25) is 14.9 Å². The summed E-state index contributed by atoms with van der Waals surface area (Å²) in [5, 5.41) is 26.5. The average Bonchev–Trinajstić information content (AvgIpc) is 3.23. The molecule has 9 heteroatoms. The summed E-state index contributed by atoms with van der Waals surface area (Å²) >= 11 is 0. The highest BCUT2D eigenvalue weighted by Gasteiger charge is 2.17. The van der Waals surface area contributed by atoms with Crippen LogP contribution in [0, 0.1) is 10.1 Å². The van der Waals surface area contributed by atoms with Gasteiger partial charge >= 0.3 is 0 Å². The molecule has 0 aliphatic heterocycles. The molecule has 32 heavy (non-hydrogen) atoms. The zero-order chi connectivity index (χ0) is 22.2. The fourth-order valence-corrected chi connectivity index (χ4v) is 3.36. The van der Waals surface area contributed by atoms with Crippen molar-refractivity contribution in [2.24, 2.45) is 5.10 Å². The highest BCUT2D eigenvalue weighted by atomic mass is 16.6. The van der Waals surface area contributed by atoms with Crippen LogP contribution in [-0.4, -0.2) is 25.9 Å². The first kappa shape index (κ1) is 19.2. The van der Waals surface area contributed by atoms with Crippen LogP contribution in [0.15, 0.2) is 87.1 Å². The molecule has 0 atom stereocenters. The average molecular weight is 426 g/mol. The lowest BCUT2D eigenvalue weighted by Gasteiger charge is -2.07. The summed E-state index contributed by atoms with van der Waals surface area (Å²) in [4.78, 5) is 28.3. The Hall–Kier alpha value is -4.79. The first-order chi connectivity index (χ1) is 15.5. The van der Waals surface area contributed by atoms with E-state index in [1.54, 1.807) is 36.4 Å². The Kier molecular flexibility index (Phi) is 4.48. The van der Waals surface area contributed by atoms with Crippen molar-refractivity contribution in [3.05, 3.63) is 98.8 Å². The maximum absolute atomic E-state index is 13.2. The van der Waals surface area contributed by atoms with Crippen molar-refractivity contribution in [2.45, 2.75) is 0 Å². The van der Waals surface area contributed by atoms with Crippen molar-refractivity contribution in [1.82, 2.24) is 9.66 Å². The Labute approximate surface area is 179 Å². The van der Waals surface area contributed by atoms with E-state index in [0.29, 0.717) is 22.2 Å². The molecule has 2 heterocycles. The SMILES string of the molecule is O=c1c2ccccc2nc(-c2cc3ccccc3o2)n1N=Cc1cc([N+](=O)[O-])ccc1O. The molecule has 2 aromatic heterocycles. The number of benzene rings is 3. The van der Waals surface area contributed by atoms with Gasteiger partial charge in [-0.2, -0.15) is 9.78 Å². The Balaban J connectivity index is 1.73. The summed E-state index contributed by atoms with van der Waals surface area (Å²) in [6.07, 6.45) is 1.17. The predicted molar refractivity (Wildman–Crippen MR) is 119 cm³/mol. The third-order valence-electron chi connectivity index (χ3n) is 4.93. The maximum atomic E-state index is 13.2. The molecule has 0 saturated heterocycles. The van der Waals surface area contributed by atoms with Gasteiger partial charge in [-0.1, -0.05) is 30.3 Å². The fourth-order valence-electron chi connectivity index (χ4n) is 3.36. The third-order valence-corrected chi connectivity index (χ3v) is 4.93. The number of para-hydroxylation sites is 2. The minimum Gasteiger partial charge on any atom is -0.507 e. The monoisotopic (exact) mass is 426 g/mol. The lowest BCUT2D eigenvalue weighted by Crippen LogP contribution is -2.20. The van der Waals surface area contributed by atoms with E-state index in [4.69, 9.17) is 4.42 Å². The number of nitro groups is 1. The smallest absolute Gasteiger partial charge is 0.282 e. The molecule has 5 rings (SSSR count). The Morgan fingerprint density at radius 1 is 1.06 bits per heavy atom. The molecule has 0 bridgehead atoms. The van der Waals surface area contributed by atoms with Crippen LogP contribution in [0.5, 0.6) is 5.75 Å². The van der Waals surface area contributed by atoms with Crippen LogP contribution in [0.25, 0.3) is 33.5 Å². The zero-order valence-electron chi connectivity index (χ0n) is 16.4. The van der Waals surface area contributed by atoms with Crippen LogP contribution in [-0.2, 0) is 0 Å². The van der Waals surface area contributed by atoms with Gasteiger partial charge in [0, 0.05) is 23.1 Å². The number of aromatic hydroxyl groups is 1. The molecule has 0 radical (unpaired) electrons. The minimum atomic E-state index is -0.583. The van der Waals surface area contributed by atoms with Gasteiger partial charge in [0.05, 0.1) is 22.0 Å².